The molecule has 6 aromatic carbocycles. The molecule has 0 saturated carbocycles. The minimum atomic E-state index is -1.23. The topological polar surface area (TPSA) is 42.5 Å². The van der Waals surface area contributed by atoms with Crippen LogP contribution >= 0.6 is 0 Å². The van der Waals surface area contributed by atoms with Crippen LogP contribution in [-0.4, -0.2) is 21.0 Å². The lowest BCUT2D eigenvalue weighted by atomic mass is 9.97. The highest BCUT2D eigenvalue weighted by Crippen LogP contribution is 2.47. The SMILES string of the molecule is Cc1ccc(-c2nc(-c3ccccc3)c(-c3ccccc3)n2C2(c3ccc(C)cc3C)N=C(c3ccccc3)C(c3ccccc3)=N2)c(C)c1. The van der Waals surface area contributed by atoms with Gasteiger partial charge in [0, 0.05) is 33.4 Å². The van der Waals surface area contributed by atoms with Crippen molar-refractivity contribution in [2.75, 3.05) is 0 Å². The highest BCUT2D eigenvalue weighted by atomic mass is 15.4. The molecule has 0 amide bonds. The number of rotatable bonds is 7. The molecule has 7 aromatic rings. The zero-order valence-corrected chi connectivity index (χ0v) is 28.8. The average molecular weight is 647 g/mol. The maximum Gasteiger partial charge on any atom is 0.261 e. The summed E-state index contributed by atoms with van der Waals surface area (Å²) < 4.78 is 2.32. The van der Waals surface area contributed by atoms with Crippen LogP contribution in [0.25, 0.3) is 33.9 Å². The molecule has 0 radical (unpaired) electrons. The minimum absolute atomic E-state index is 0.814. The quantitative estimate of drug-likeness (QED) is 0.170. The van der Waals surface area contributed by atoms with Gasteiger partial charge >= 0.3 is 0 Å². The van der Waals surface area contributed by atoms with Crippen molar-refractivity contribution in [3.8, 4) is 33.9 Å². The fourth-order valence-corrected chi connectivity index (χ4v) is 7.20. The van der Waals surface area contributed by atoms with E-state index in [1.807, 2.05) is 12.1 Å². The predicted molar refractivity (Wildman–Crippen MR) is 207 cm³/mol. The van der Waals surface area contributed by atoms with Gasteiger partial charge in [-0.1, -0.05) is 169 Å². The second kappa shape index (κ2) is 12.7. The summed E-state index contributed by atoms with van der Waals surface area (Å²) >= 11 is 0. The number of hydrogen-bond donors (Lipinski definition) is 0. The van der Waals surface area contributed by atoms with Crippen LogP contribution in [0.2, 0.25) is 0 Å². The Kier molecular flexibility index (Phi) is 7.93. The van der Waals surface area contributed by atoms with Gasteiger partial charge in [-0.05, 0) is 38.8 Å². The van der Waals surface area contributed by atoms with Gasteiger partial charge in [0.2, 0.25) is 0 Å². The van der Waals surface area contributed by atoms with Crippen molar-refractivity contribution in [1.29, 1.82) is 0 Å². The third-order valence-corrected chi connectivity index (χ3v) is 9.50. The van der Waals surface area contributed by atoms with E-state index in [2.05, 4.69) is 178 Å². The summed E-state index contributed by atoms with van der Waals surface area (Å²) in [5.41, 5.74) is 14.3. The second-order valence-corrected chi connectivity index (χ2v) is 13.1. The Hall–Kier alpha value is -6.13. The number of aromatic nitrogens is 2. The first-order chi connectivity index (χ1) is 24.4. The highest BCUT2D eigenvalue weighted by molar-refractivity contribution is 6.54. The van der Waals surface area contributed by atoms with Gasteiger partial charge in [0.25, 0.3) is 5.79 Å². The summed E-state index contributed by atoms with van der Waals surface area (Å²) in [7, 11) is 0. The normalized spacial score (nSPS) is 13.6. The molecule has 1 aromatic heterocycles. The first-order valence-electron chi connectivity index (χ1n) is 17.1. The molecule has 0 unspecified atom stereocenters. The molecule has 0 fully saturated rings. The number of aryl methyl sites for hydroxylation is 4. The zero-order valence-electron chi connectivity index (χ0n) is 28.8. The lowest BCUT2D eigenvalue weighted by Crippen LogP contribution is -2.32. The van der Waals surface area contributed by atoms with Crippen molar-refractivity contribution in [2.24, 2.45) is 9.98 Å². The summed E-state index contributed by atoms with van der Waals surface area (Å²) in [5.74, 6) is -0.416. The Morgan fingerprint density at radius 3 is 1.42 bits per heavy atom. The van der Waals surface area contributed by atoms with Crippen LogP contribution in [0.4, 0.5) is 0 Å². The first-order valence-corrected chi connectivity index (χ1v) is 17.1. The Labute approximate surface area is 294 Å². The predicted octanol–water partition coefficient (Wildman–Crippen LogP) is 10.8. The van der Waals surface area contributed by atoms with Gasteiger partial charge in [-0.25, -0.2) is 15.0 Å². The van der Waals surface area contributed by atoms with Crippen LogP contribution in [0.5, 0.6) is 0 Å². The summed E-state index contributed by atoms with van der Waals surface area (Å²) in [6.45, 7) is 8.61. The average Bonchev–Trinajstić information content (AvgIpc) is 3.74. The maximum absolute atomic E-state index is 5.84. The Morgan fingerprint density at radius 1 is 0.460 bits per heavy atom. The Morgan fingerprint density at radius 2 is 0.920 bits per heavy atom. The van der Waals surface area contributed by atoms with Crippen LogP contribution in [0.3, 0.4) is 0 Å². The Bertz CT molecular complexity index is 2330. The molecular weight excluding hydrogens is 609 g/mol. The molecule has 1 aliphatic heterocycles. The van der Waals surface area contributed by atoms with E-state index in [0.717, 1.165) is 73.1 Å². The van der Waals surface area contributed by atoms with E-state index < -0.39 is 5.79 Å². The monoisotopic (exact) mass is 646 g/mol. The molecule has 0 saturated heterocycles. The van der Waals surface area contributed by atoms with E-state index >= 15 is 0 Å². The van der Waals surface area contributed by atoms with Crippen LogP contribution < -0.4 is 0 Å². The summed E-state index contributed by atoms with van der Waals surface area (Å²) in [6.07, 6.45) is 0. The molecule has 2 heterocycles. The summed E-state index contributed by atoms with van der Waals surface area (Å²) in [6, 6.07) is 55.1. The van der Waals surface area contributed by atoms with Crippen LogP contribution in [0, 0.1) is 27.7 Å². The molecule has 1 aliphatic rings. The van der Waals surface area contributed by atoms with Crippen molar-refractivity contribution in [2.45, 2.75) is 33.5 Å². The number of nitrogens with zero attached hydrogens (tertiary/aromatic N) is 4. The van der Waals surface area contributed by atoms with Crippen molar-refractivity contribution < 1.29 is 0 Å². The molecule has 8 rings (SSSR count). The van der Waals surface area contributed by atoms with Gasteiger partial charge in [0.05, 0.1) is 22.8 Å². The molecule has 50 heavy (non-hydrogen) atoms. The van der Waals surface area contributed by atoms with Gasteiger partial charge in [0.15, 0.2) is 0 Å². The molecule has 4 nitrogen and oxygen atoms in total. The lowest BCUT2D eigenvalue weighted by molar-refractivity contribution is 0.406. The minimum Gasteiger partial charge on any atom is -0.275 e. The van der Waals surface area contributed by atoms with Gasteiger partial charge < -0.3 is 0 Å². The van der Waals surface area contributed by atoms with E-state index in [9.17, 15) is 0 Å². The largest absolute Gasteiger partial charge is 0.275 e. The Balaban J connectivity index is 1.59. The third kappa shape index (κ3) is 5.39. The van der Waals surface area contributed by atoms with Gasteiger partial charge in [-0.2, -0.15) is 0 Å². The maximum atomic E-state index is 5.84. The van der Waals surface area contributed by atoms with Crippen LogP contribution in [0.1, 0.15) is 38.9 Å². The van der Waals surface area contributed by atoms with Gasteiger partial charge in [-0.15, -0.1) is 0 Å². The van der Waals surface area contributed by atoms with Crippen molar-refractivity contribution in [3.05, 3.63) is 197 Å². The smallest absolute Gasteiger partial charge is 0.261 e. The van der Waals surface area contributed by atoms with Crippen molar-refractivity contribution in [3.63, 3.8) is 0 Å². The van der Waals surface area contributed by atoms with Crippen molar-refractivity contribution in [1.82, 2.24) is 9.55 Å². The molecule has 0 spiro atoms. The van der Waals surface area contributed by atoms with Crippen LogP contribution in [0.15, 0.2) is 168 Å². The zero-order chi connectivity index (χ0) is 34.2. The molecule has 0 atom stereocenters. The van der Waals surface area contributed by atoms with E-state index in [1.165, 1.54) is 11.1 Å². The van der Waals surface area contributed by atoms with Crippen molar-refractivity contribution >= 4 is 11.4 Å². The van der Waals surface area contributed by atoms with Crippen LogP contribution in [-0.2, 0) is 5.79 Å². The van der Waals surface area contributed by atoms with E-state index in [1.54, 1.807) is 0 Å². The van der Waals surface area contributed by atoms with Gasteiger partial charge in [-0.3, -0.25) is 4.57 Å². The van der Waals surface area contributed by atoms with E-state index in [4.69, 9.17) is 15.0 Å². The number of hydrogen-bond acceptors (Lipinski definition) is 3. The number of benzene rings is 6. The molecule has 0 bridgehead atoms. The van der Waals surface area contributed by atoms with E-state index in [-0.39, 0.29) is 0 Å². The highest BCUT2D eigenvalue weighted by Gasteiger charge is 2.46. The fourth-order valence-electron chi connectivity index (χ4n) is 7.20. The summed E-state index contributed by atoms with van der Waals surface area (Å²) in [5, 5.41) is 0. The lowest BCUT2D eigenvalue weighted by Gasteiger charge is -2.31. The molecular formula is C46H38N4. The summed E-state index contributed by atoms with van der Waals surface area (Å²) in [4.78, 5) is 17.3. The standard InChI is InChI=1S/C46H38N4/c1-31-25-27-39(33(3)29-31)45-47-43(37-21-13-7-14-22-37)44(38-23-15-8-16-24-38)50(45)46(40-28-26-32(2)30-34(40)4)48-41(35-17-9-5-10-18-35)42(49-46)36-19-11-6-12-20-36/h5-30H,1-4H3. The second-order valence-electron chi connectivity index (χ2n) is 13.1. The number of imidazole rings is 1. The molecule has 0 N–H and O–H groups in total. The number of aliphatic imine (C=N–C) groups is 2. The fraction of sp³-hybridized carbons (Fsp3) is 0.109. The first kappa shape index (κ1) is 31.2. The molecule has 0 aliphatic carbocycles. The third-order valence-electron chi connectivity index (χ3n) is 9.50. The van der Waals surface area contributed by atoms with Gasteiger partial charge in [0.1, 0.15) is 5.82 Å². The molecule has 242 valence electrons. The van der Waals surface area contributed by atoms with E-state index in [0.29, 0.717) is 0 Å². The molecule has 4 heteroatoms.